The number of hydrogen-bond donors (Lipinski definition) is 0. The Balaban J connectivity index is 1.53. The molecule has 5 atom stereocenters. The van der Waals surface area contributed by atoms with Crippen LogP contribution in [0.25, 0.3) is 0 Å². The van der Waals surface area contributed by atoms with Gasteiger partial charge >= 0.3 is 0 Å². The largest absolute Gasteiger partial charge is 0.370 e. The molecule has 3 saturated heterocycles. The fourth-order valence-corrected chi connectivity index (χ4v) is 2.56. The number of benzene rings is 1. The van der Waals surface area contributed by atoms with Crippen molar-refractivity contribution in [3.05, 3.63) is 35.9 Å². The molecule has 1 aromatic carbocycles. The first-order valence-electron chi connectivity index (χ1n) is 6.01. The maximum absolute atomic E-state index is 5.96. The topological polar surface area (TPSA) is 40.2 Å². The fourth-order valence-electron chi connectivity index (χ4n) is 2.56. The van der Waals surface area contributed by atoms with Gasteiger partial charge in [0.2, 0.25) is 0 Å². The van der Waals surface area contributed by atoms with E-state index in [4.69, 9.17) is 18.9 Å². The Bertz CT molecular complexity index is 407. The van der Waals surface area contributed by atoms with E-state index in [0.29, 0.717) is 13.2 Å². The molecule has 0 unspecified atom stereocenters. The normalized spacial score (nSPS) is 43.6. The smallest absolute Gasteiger partial charge is 0.184 e. The monoisotopic (exact) mass is 234 g/mol. The van der Waals surface area contributed by atoms with Gasteiger partial charge in [0.15, 0.2) is 6.29 Å². The molecule has 0 aliphatic carbocycles. The zero-order valence-electron chi connectivity index (χ0n) is 9.32. The van der Waals surface area contributed by atoms with Gasteiger partial charge < -0.3 is 18.9 Å². The average Bonchev–Trinajstić information content (AvgIpc) is 3.19. The highest BCUT2D eigenvalue weighted by Crippen LogP contribution is 2.40. The molecule has 0 bridgehead atoms. The number of epoxide rings is 1. The summed E-state index contributed by atoms with van der Waals surface area (Å²) in [5.74, 6) is 0. The summed E-state index contributed by atoms with van der Waals surface area (Å²) < 4.78 is 22.8. The van der Waals surface area contributed by atoms with E-state index in [1.54, 1.807) is 0 Å². The summed E-state index contributed by atoms with van der Waals surface area (Å²) >= 11 is 0. The van der Waals surface area contributed by atoms with E-state index < -0.39 is 0 Å². The van der Waals surface area contributed by atoms with E-state index in [2.05, 4.69) is 0 Å². The lowest BCUT2D eigenvalue weighted by molar-refractivity contribution is -0.273. The minimum Gasteiger partial charge on any atom is -0.370 e. The Labute approximate surface area is 99.4 Å². The van der Waals surface area contributed by atoms with Gasteiger partial charge in [-0.15, -0.1) is 0 Å². The van der Waals surface area contributed by atoms with E-state index in [9.17, 15) is 0 Å². The van der Waals surface area contributed by atoms with Crippen molar-refractivity contribution >= 4 is 0 Å². The second-order valence-electron chi connectivity index (χ2n) is 4.69. The lowest BCUT2D eigenvalue weighted by Gasteiger charge is -2.37. The maximum Gasteiger partial charge on any atom is 0.184 e. The van der Waals surface area contributed by atoms with Crippen LogP contribution < -0.4 is 0 Å². The molecule has 90 valence electrons. The standard InChI is InChI=1S/C13H14O4/c1-2-4-8(5-3-1)13-15-6-9-11(17-13)12-10(16-12)7-14-9/h1-5,9-13H,6-7H2/t9-,10+,11-,12+,13-/m1/s1. The molecule has 0 radical (unpaired) electrons. The van der Waals surface area contributed by atoms with Crippen LogP contribution in [0.3, 0.4) is 0 Å². The van der Waals surface area contributed by atoms with E-state index in [-0.39, 0.29) is 30.7 Å². The average molecular weight is 234 g/mol. The number of fused-ring (bicyclic) bond motifs is 3. The van der Waals surface area contributed by atoms with Gasteiger partial charge in [0, 0.05) is 5.56 Å². The minimum atomic E-state index is -0.288. The summed E-state index contributed by atoms with van der Waals surface area (Å²) in [5.41, 5.74) is 1.05. The van der Waals surface area contributed by atoms with Crippen molar-refractivity contribution in [3.8, 4) is 0 Å². The van der Waals surface area contributed by atoms with Crippen molar-refractivity contribution < 1.29 is 18.9 Å². The van der Waals surface area contributed by atoms with Crippen LogP contribution in [0.1, 0.15) is 11.9 Å². The van der Waals surface area contributed by atoms with Gasteiger partial charge in [-0.25, -0.2) is 0 Å². The Morgan fingerprint density at radius 2 is 1.59 bits per heavy atom. The quantitative estimate of drug-likeness (QED) is 0.686. The van der Waals surface area contributed by atoms with Crippen molar-refractivity contribution in [1.29, 1.82) is 0 Å². The molecule has 3 heterocycles. The molecule has 1 aromatic rings. The van der Waals surface area contributed by atoms with E-state index in [1.807, 2.05) is 30.3 Å². The zero-order chi connectivity index (χ0) is 11.2. The molecule has 3 fully saturated rings. The van der Waals surface area contributed by atoms with E-state index >= 15 is 0 Å². The van der Waals surface area contributed by atoms with Crippen molar-refractivity contribution in [1.82, 2.24) is 0 Å². The summed E-state index contributed by atoms with van der Waals surface area (Å²) in [6.07, 6.45) is 0.213. The van der Waals surface area contributed by atoms with Crippen molar-refractivity contribution in [2.24, 2.45) is 0 Å². The summed E-state index contributed by atoms with van der Waals surface area (Å²) in [6.45, 7) is 1.26. The maximum atomic E-state index is 5.96. The fraction of sp³-hybridized carbons (Fsp3) is 0.538. The van der Waals surface area contributed by atoms with E-state index in [0.717, 1.165) is 5.56 Å². The molecule has 4 heteroatoms. The third-order valence-corrected chi connectivity index (χ3v) is 3.55. The highest BCUT2D eigenvalue weighted by Gasteiger charge is 2.55. The van der Waals surface area contributed by atoms with Crippen molar-refractivity contribution in [3.63, 3.8) is 0 Å². The lowest BCUT2D eigenvalue weighted by Crippen LogP contribution is -2.49. The molecular weight excluding hydrogens is 220 g/mol. The summed E-state index contributed by atoms with van der Waals surface area (Å²) in [7, 11) is 0. The van der Waals surface area contributed by atoms with Crippen LogP contribution >= 0.6 is 0 Å². The summed E-state index contributed by atoms with van der Waals surface area (Å²) in [4.78, 5) is 0. The van der Waals surface area contributed by atoms with Crippen LogP contribution in [0.15, 0.2) is 30.3 Å². The first-order valence-corrected chi connectivity index (χ1v) is 6.01. The second kappa shape index (κ2) is 3.78. The van der Waals surface area contributed by atoms with Crippen molar-refractivity contribution in [2.45, 2.75) is 30.7 Å². The van der Waals surface area contributed by atoms with Crippen molar-refractivity contribution in [2.75, 3.05) is 13.2 Å². The van der Waals surface area contributed by atoms with Gasteiger partial charge in [-0.3, -0.25) is 0 Å². The number of ether oxygens (including phenoxy) is 4. The van der Waals surface area contributed by atoms with Gasteiger partial charge in [-0.2, -0.15) is 0 Å². The Morgan fingerprint density at radius 3 is 2.47 bits per heavy atom. The van der Waals surface area contributed by atoms with Gasteiger partial charge in [0.1, 0.15) is 24.4 Å². The third-order valence-electron chi connectivity index (χ3n) is 3.55. The molecule has 4 rings (SSSR count). The lowest BCUT2D eigenvalue weighted by atomic mass is 10.0. The molecular formula is C13H14O4. The molecule has 0 amide bonds. The third kappa shape index (κ3) is 1.68. The predicted octanol–water partition coefficient (Wildman–Crippen LogP) is 1.27. The second-order valence-corrected chi connectivity index (χ2v) is 4.69. The Kier molecular flexibility index (Phi) is 2.23. The van der Waals surface area contributed by atoms with Crippen LogP contribution in [0, 0.1) is 0 Å². The SMILES string of the molecule is c1ccc([C@@H]2OC[C@H]3OC[C@@H]4O[C@@H]4[C@@H]3O2)cc1. The van der Waals surface area contributed by atoms with Crippen LogP contribution in [0.5, 0.6) is 0 Å². The summed E-state index contributed by atoms with van der Waals surface area (Å²) in [5, 5.41) is 0. The van der Waals surface area contributed by atoms with Gasteiger partial charge in [-0.1, -0.05) is 30.3 Å². The first kappa shape index (κ1) is 10.0. The van der Waals surface area contributed by atoms with Crippen LogP contribution in [-0.4, -0.2) is 37.6 Å². The van der Waals surface area contributed by atoms with Gasteiger partial charge in [0.25, 0.3) is 0 Å². The highest BCUT2D eigenvalue weighted by molar-refractivity contribution is 5.17. The molecule has 0 N–H and O–H groups in total. The molecule has 0 aromatic heterocycles. The van der Waals surface area contributed by atoms with Crippen LogP contribution in [0.4, 0.5) is 0 Å². The molecule has 3 aliphatic heterocycles. The number of hydrogen-bond acceptors (Lipinski definition) is 4. The van der Waals surface area contributed by atoms with E-state index in [1.165, 1.54) is 0 Å². The predicted molar refractivity (Wildman–Crippen MR) is 58.4 cm³/mol. The highest BCUT2D eigenvalue weighted by atomic mass is 16.7. The van der Waals surface area contributed by atoms with Crippen LogP contribution in [-0.2, 0) is 18.9 Å². The molecule has 17 heavy (non-hydrogen) atoms. The Hall–Kier alpha value is -0.940. The minimum absolute atomic E-state index is 0.0210. The number of rotatable bonds is 1. The molecule has 4 nitrogen and oxygen atoms in total. The molecule has 0 saturated carbocycles. The van der Waals surface area contributed by atoms with Crippen LogP contribution in [0.2, 0.25) is 0 Å². The Morgan fingerprint density at radius 1 is 0.824 bits per heavy atom. The van der Waals surface area contributed by atoms with Gasteiger partial charge in [0.05, 0.1) is 13.2 Å². The summed E-state index contributed by atoms with van der Waals surface area (Å²) in [6, 6.07) is 9.99. The first-order chi connectivity index (χ1) is 8.42. The molecule has 0 spiro atoms. The van der Waals surface area contributed by atoms with Gasteiger partial charge in [-0.05, 0) is 0 Å². The zero-order valence-corrected chi connectivity index (χ0v) is 9.32. The molecule has 3 aliphatic rings.